The molecule has 1 aliphatic rings. The van der Waals surface area contributed by atoms with E-state index in [2.05, 4.69) is 0 Å². The smallest absolute Gasteiger partial charge is 0.343 e. The number of carbonyl (C=O) groups is 3. The summed E-state index contributed by atoms with van der Waals surface area (Å²) in [5.74, 6) is -0.862. The highest BCUT2D eigenvalue weighted by Gasteiger charge is 2.34. The monoisotopic (exact) mass is 449 g/mol. The topological polar surface area (TPSA) is 123 Å². The maximum Gasteiger partial charge on any atom is 0.343 e. The summed E-state index contributed by atoms with van der Waals surface area (Å²) in [4.78, 5) is 38.7. The fraction of sp³-hybridized carbons (Fsp3) is 0.280. The SMILES string of the molecule is CCOC(=O)CN(C(=O)/C(C)=C/c1ccc(C(=O)Oc2ccc(C(=N)N)cc2)cc1)C1CC1. The molecule has 3 rings (SSSR count). The highest BCUT2D eigenvalue weighted by Crippen LogP contribution is 2.28. The summed E-state index contributed by atoms with van der Waals surface area (Å²) in [7, 11) is 0. The van der Waals surface area contributed by atoms with E-state index >= 15 is 0 Å². The first-order valence-corrected chi connectivity index (χ1v) is 10.7. The normalized spacial score (nSPS) is 13.2. The Hall–Kier alpha value is -3.94. The molecule has 33 heavy (non-hydrogen) atoms. The molecule has 0 aromatic heterocycles. The van der Waals surface area contributed by atoms with Crippen molar-refractivity contribution in [2.75, 3.05) is 13.2 Å². The number of hydrogen-bond acceptors (Lipinski definition) is 6. The van der Waals surface area contributed by atoms with Crippen LogP contribution in [-0.4, -0.2) is 47.8 Å². The van der Waals surface area contributed by atoms with E-state index in [0.717, 1.165) is 18.4 Å². The van der Waals surface area contributed by atoms with E-state index < -0.39 is 11.9 Å². The number of nitrogens with zero attached hydrogens (tertiary/aromatic N) is 1. The van der Waals surface area contributed by atoms with E-state index in [0.29, 0.717) is 22.4 Å². The molecule has 2 aromatic rings. The number of amides is 1. The Morgan fingerprint density at radius 2 is 1.67 bits per heavy atom. The number of rotatable bonds is 9. The van der Waals surface area contributed by atoms with Crippen LogP contribution in [0.4, 0.5) is 0 Å². The Bertz CT molecular complexity index is 1070. The van der Waals surface area contributed by atoms with E-state index in [1.807, 2.05) is 0 Å². The minimum Gasteiger partial charge on any atom is -0.465 e. The number of ether oxygens (including phenoxy) is 2. The molecular formula is C25H27N3O5. The van der Waals surface area contributed by atoms with Gasteiger partial charge in [-0.2, -0.15) is 0 Å². The van der Waals surface area contributed by atoms with Crippen molar-refractivity contribution in [1.29, 1.82) is 5.41 Å². The molecule has 1 aliphatic carbocycles. The van der Waals surface area contributed by atoms with E-state index in [-0.39, 0.29) is 30.9 Å². The molecule has 8 heteroatoms. The van der Waals surface area contributed by atoms with Crippen LogP contribution in [-0.2, 0) is 14.3 Å². The summed E-state index contributed by atoms with van der Waals surface area (Å²) in [6, 6.07) is 13.1. The third-order valence-electron chi connectivity index (χ3n) is 5.10. The lowest BCUT2D eigenvalue weighted by Crippen LogP contribution is -2.38. The van der Waals surface area contributed by atoms with Gasteiger partial charge in [0, 0.05) is 17.2 Å². The number of esters is 2. The van der Waals surface area contributed by atoms with Gasteiger partial charge in [0.15, 0.2) is 0 Å². The molecule has 0 bridgehead atoms. The van der Waals surface area contributed by atoms with E-state index in [4.69, 9.17) is 20.6 Å². The van der Waals surface area contributed by atoms with Crippen molar-refractivity contribution in [3.8, 4) is 5.75 Å². The highest BCUT2D eigenvalue weighted by atomic mass is 16.5. The first-order chi connectivity index (χ1) is 15.8. The molecule has 0 unspecified atom stereocenters. The highest BCUT2D eigenvalue weighted by molar-refractivity contribution is 5.99. The molecule has 0 atom stereocenters. The first kappa shape index (κ1) is 23.7. The van der Waals surface area contributed by atoms with Gasteiger partial charge in [-0.15, -0.1) is 0 Å². The average Bonchev–Trinajstić information content (AvgIpc) is 3.63. The van der Waals surface area contributed by atoms with Crippen LogP contribution in [0.2, 0.25) is 0 Å². The predicted molar refractivity (Wildman–Crippen MR) is 124 cm³/mol. The number of nitrogen functional groups attached to an aromatic ring is 1. The van der Waals surface area contributed by atoms with Gasteiger partial charge >= 0.3 is 11.9 Å². The second kappa shape index (κ2) is 10.6. The summed E-state index contributed by atoms with van der Waals surface area (Å²) in [6.45, 7) is 3.66. The Morgan fingerprint density at radius 3 is 2.21 bits per heavy atom. The summed E-state index contributed by atoms with van der Waals surface area (Å²) in [6.07, 6.45) is 3.48. The Balaban J connectivity index is 1.64. The van der Waals surface area contributed by atoms with Crippen LogP contribution in [0.25, 0.3) is 6.08 Å². The van der Waals surface area contributed by atoms with Gasteiger partial charge in [-0.25, -0.2) is 4.79 Å². The van der Waals surface area contributed by atoms with Crippen LogP contribution >= 0.6 is 0 Å². The molecule has 0 heterocycles. The van der Waals surface area contributed by atoms with Crippen molar-refractivity contribution in [2.45, 2.75) is 32.7 Å². The van der Waals surface area contributed by atoms with Crippen molar-refractivity contribution in [3.05, 3.63) is 70.8 Å². The zero-order chi connectivity index (χ0) is 24.0. The van der Waals surface area contributed by atoms with Crippen molar-refractivity contribution in [1.82, 2.24) is 4.90 Å². The van der Waals surface area contributed by atoms with E-state index in [9.17, 15) is 14.4 Å². The summed E-state index contributed by atoms with van der Waals surface area (Å²) < 4.78 is 10.3. The van der Waals surface area contributed by atoms with Gasteiger partial charge in [-0.1, -0.05) is 12.1 Å². The van der Waals surface area contributed by atoms with Gasteiger partial charge in [-0.05, 0) is 74.7 Å². The lowest BCUT2D eigenvalue weighted by molar-refractivity contribution is -0.148. The van der Waals surface area contributed by atoms with Crippen LogP contribution in [0.3, 0.4) is 0 Å². The van der Waals surface area contributed by atoms with E-state index in [1.54, 1.807) is 73.4 Å². The van der Waals surface area contributed by atoms with Gasteiger partial charge < -0.3 is 20.1 Å². The Labute approximate surface area is 192 Å². The number of nitrogens with two attached hydrogens (primary N) is 1. The number of hydrogen-bond donors (Lipinski definition) is 2. The molecule has 2 aromatic carbocycles. The lowest BCUT2D eigenvalue weighted by Gasteiger charge is -2.21. The Kier molecular flexibility index (Phi) is 7.61. The van der Waals surface area contributed by atoms with Crippen molar-refractivity contribution in [3.63, 3.8) is 0 Å². The van der Waals surface area contributed by atoms with Crippen molar-refractivity contribution >= 4 is 29.8 Å². The Morgan fingerprint density at radius 1 is 1.06 bits per heavy atom. The molecular weight excluding hydrogens is 422 g/mol. The zero-order valence-electron chi connectivity index (χ0n) is 18.7. The summed E-state index contributed by atoms with van der Waals surface area (Å²) >= 11 is 0. The van der Waals surface area contributed by atoms with Crippen LogP contribution in [0.5, 0.6) is 5.75 Å². The second-order valence-electron chi connectivity index (χ2n) is 7.75. The number of carbonyl (C=O) groups excluding carboxylic acids is 3. The standard InChI is InChI=1S/C25H27N3O5/c1-3-32-22(29)15-28(20-10-11-20)24(30)16(2)14-17-4-6-19(7-5-17)25(31)33-21-12-8-18(9-13-21)23(26)27/h4-9,12-14,20H,3,10-11,15H2,1-2H3,(H3,26,27)/b16-14+. The van der Waals surface area contributed by atoms with Gasteiger partial charge in [-0.3, -0.25) is 15.0 Å². The van der Waals surface area contributed by atoms with Gasteiger partial charge in [0.1, 0.15) is 18.1 Å². The van der Waals surface area contributed by atoms with Crippen molar-refractivity contribution < 1.29 is 23.9 Å². The van der Waals surface area contributed by atoms with Crippen molar-refractivity contribution in [2.24, 2.45) is 5.73 Å². The quantitative estimate of drug-likeness (QED) is 0.199. The summed E-state index contributed by atoms with van der Waals surface area (Å²) in [5.41, 5.74) is 7.55. The maximum absolute atomic E-state index is 12.9. The fourth-order valence-electron chi connectivity index (χ4n) is 3.22. The maximum atomic E-state index is 12.9. The number of nitrogens with one attached hydrogen (secondary N) is 1. The number of benzene rings is 2. The largest absolute Gasteiger partial charge is 0.465 e. The minimum absolute atomic E-state index is 0.0549. The molecule has 0 radical (unpaired) electrons. The molecule has 1 saturated carbocycles. The van der Waals surface area contributed by atoms with Gasteiger partial charge in [0.2, 0.25) is 5.91 Å². The van der Waals surface area contributed by atoms with Crippen LogP contribution < -0.4 is 10.5 Å². The minimum atomic E-state index is -0.525. The van der Waals surface area contributed by atoms with Crippen LogP contribution in [0, 0.1) is 5.41 Å². The van der Waals surface area contributed by atoms with Gasteiger partial charge in [0.25, 0.3) is 0 Å². The third kappa shape index (κ3) is 6.52. The lowest BCUT2D eigenvalue weighted by atomic mass is 10.1. The zero-order valence-corrected chi connectivity index (χ0v) is 18.7. The van der Waals surface area contributed by atoms with Gasteiger partial charge in [0.05, 0.1) is 12.2 Å². The van der Waals surface area contributed by atoms with Crippen LogP contribution in [0.15, 0.2) is 54.1 Å². The molecule has 1 fully saturated rings. The molecule has 0 spiro atoms. The fourth-order valence-corrected chi connectivity index (χ4v) is 3.22. The molecule has 3 N–H and O–H groups in total. The molecule has 8 nitrogen and oxygen atoms in total. The second-order valence-corrected chi connectivity index (χ2v) is 7.75. The predicted octanol–water partition coefficient (Wildman–Crippen LogP) is 3.15. The third-order valence-corrected chi connectivity index (χ3v) is 5.10. The molecule has 1 amide bonds. The average molecular weight is 450 g/mol. The molecule has 0 aliphatic heterocycles. The summed E-state index contributed by atoms with van der Waals surface area (Å²) in [5, 5.41) is 7.39. The van der Waals surface area contributed by atoms with Crippen LogP contribution in [0.1, 0.15) is 48.2 Å². The van der Waals surface area contributed by atoms with E-state index in [1.165, 1.54) is 0 Å². The molecule has 0 saturated heterocycles. The first-order valence-electron chi connectivity index (χ1n) is 10.7. The molecule has 172 valence electrons. The number of amidine groups is 1.